The van der Waals surface area contributed by atoms with E-state index in [4.69, 9.17) is 4.74 Å². The summed E-state index contributed by atoms with van der Waals surface area (Å²) in [4.78, 5) is 13.3. The predicted molar refractivity (Wildman–Crippen MR) is 86.2 cm³/mol. The maximum atomic E-state index is 12.4. The van der Waals surface area contributed by atoms with Crippen molar-refractivity contribution in [2.75, 3.05) is 18.4 Å². The summed E-state index contributed by atoms with van der Waals surface area (Å²) in [6.07, 6.45) is -3.57. The Morgan fingerprint density at radius 2 is 1.96 bits per heavy atom. The molecule has 0 saturated heterocycles. The number of nitro groups is 1. The van der Waals surface area contributed by atoms with E-state index in [-0.39, 0.29) is 27.9 Å². The zero-order valence-corrected chi connectivity index (χ0v) is 14.4. The van der Waals surface area contributed by atoms with Gasteiger partial charge in [0.05, 0.1) is 30.0 Å². The summed E-state index contributed by atoms with van der Waals surface area (Å²) in [5.41, 5.74) is -0.423. The molecule has 2 rings (SSSR count). The van der Waals surface area contributed by atoms with Gasteiger partial charge in [0.25, 0.3) is 15.7 Å². The molecule has 0 fully saturated rings. The average molecular weight is 407 g/mol. The number of nitro benzene ring substituents is 1. The third kappa shape index (κ3) is 5.44. The first-order valence-electron chi connectivity index (χ1n) is 7.03. The van der Waals surface area contributed by atoms with Gasteiger partial charge in [0.2, 0.25) is 5.88 Å². The number of benzene rings is 1. The topological polar surface area (TPSA) is 121 Å². The highest BCUT2D eigenvalue weighted by atomic mass is 32.2. The maximum Gasteiger partial charge on any atom is 0.422 e. The molecule has 0 unspecified atom stereocenters. The van der Waals surface area contributed by atoms with Gasteiger partial charge >= 0.3 is 6.18 Å². The predicted octanol–water partition coefficient (Wildman–Crippen LogP) is 2.74. The Kier molecular flexibility index (Phi) is 5.73. The van der Waals surface area contributed by atoms with Crippen LogP contribution in [0.2, 0.25) is 0 Å². The Bertz CT molecular complexity index is 932. The Morgan fingerprint density at radius 1 is 1.26 bits per heavy atom. The summed E-state index contributed by atoms with van der Waals surface area (Å²) in [5.74, 6) is -0.599. The van der Waals surface area contributed by atoms with Gasteiger partial charge in [0.1, 0.15) is 10.6 Å². The van der Waals surface area contributed by atoms with Crippen molar-refractivity contribution < 1.29 is 36.0 Å². The number of hydrogen-bond acceptors (Lipinski definition) is 7. The van der Waals surface area contributed by atoms with Crippen molar-refractivity contribution in [2.24, 2.45) is 0 Å². The summed E-state index contributed by atoms with van der Waals surface area (Å²) in [7, 11) is -3.06. The highest BCUT2D eigenvalue weighted by Gasteiger charge is 2.28. The van der Waals surface area contributed by atoms with Crippen LogP contribution in [0.25, 0.3) is 0 Å². The number of nitrogens with one attached hydrogen (secondary N) is 1. The second-order valence-electron chi connectivity index (χ2n) is 4.99. The zero-order valence-electron chi connectivity index (χ0n) is 13.6. The van der Waals surface area contributed by atoms with Crippen molar-refractivity contribution >= 4 is 21.4 Å². The molecular weight excluding hydrogens is 395 g/mol. The summed E-state index contributed by atoms with van der Waals surface area (Å²) in [6.45, 7) is -1.54. The van der Waals surface area contributed by atoms with Crippen LogP contribution in [0.3, 0.4) is 0 Å². The van der Waals surface area contributed by atoms with E-state index in [0.717, 1.165) is 43.6 Å². The molecule has 0 atom stereocenters. The molecule has 0 aliphatic carbocycles. The van der Waals surface area contributed by atoms with Gasteiger partial charge in [0.15, 0.2) is 6.61 Å². The smallest absolute Gasteiger partial charge is 0.422 e. The van der Waals surface area contributed by atoms with Crippen LogP contribution in [-0.2, 0) is 10.0 Å². The number of hydrogen-bond donors (Lipinski definition) is 1. The Balaban J connectivity index is 2.20. The average Bonchev–Trinajstić information content (AvgIpc) is 2.59. The Hall–Kier alpha value is -3.09. The van der Waals surface area contributed by atoms with Crippen molar-refractivity contribution in [1.29, 1.82) is 0 Å². The lowest BCUT2D eigenvalue weighted by Crippen LogP contribution is -2.19. The molecule has 13 heteroatoms. The number of methoxy groups -OCH3 is 1. The van der Waals surface area contributed by atoms with Crippen molar-refractivity contribution in [2.45, 2.75) is 11.1 Å². The second-order valence-corrected chi connectivity index (χ2v) is 6.64. The van der Waals surface area contributed by atoms with Crippen LogP contribution in [0.4, 0.5) is 24.5 Å². The summed E-state index contributed by atoms with van der Waals surface area (Å²) in [5, 5.41) is 10.8. The van der Waals surface area contributed by atoms with Crippen LogP contribution in [-0.4, -0.2) is 38.2 Å². The van der Waals surface area contributed by atoms with Gasteiger partial charge in [-0.15, -0.1) is 0 Å². The number of anilines is 1. The van der Waals surface area contributed by atoms with Crippen LogP contribution in [0.1, 0.15) is 0 Å². The first-order chi connectivity index (χ1) is 12.5. The molecule has 1 aromatic heterocycles. The van der Waals surface area contributed by atoms with Crippen LogP contribution in [0.5, 0.6) is 11.6 Å². The third-order valence-electron chi connectivity index (χ3n) is 3.02. The second kappa shape index (κ2) is 7.65. The largest absolute Gasteiger partial charge is 0.495 e. The summed E-state index contributed by atoms with van der Waals surface area (Å²) >= 11 is 0. The van der Waals surface area contributed by atoms with E-state index in [0.29, 0.717) is 0 Å². The molecular formula is C14H12F3N3O6S. The zero-order chi connectivity index (χ0) is 20.2. The van der Waals surface area contributed by atoms with E-state index < -0.39 is 27.7 Å². The summed E-state index contributed by atoms with van der Waals surface area (Å²) in [6, 6.07) is 5.13. The number of halogens is 3. The Morgan fingerprint density at radius 3 is 2.48 bits per heavy atom. The van der Waals surface area contributed by atoms with E-state index >= 15 is 0 Å². The third-order valence-corrected chi connectivity index (χ3v) is 4.44. The normalized spacial score (nSPS) is 11.7. The molecule has 1 aromatic carbocycles. The number of ether oxygens (including phenoxy) is 2. The number of pyridine rings is 1. The summed E-state index contributed by atoms with van der Waals surface area (Å²) < 4.78 is 72.5. The van der Waals surface area contributed by atoms with Crippen LogP contribution < -0.4 is 14.2 Å². The number of alkyl halides is 3. The number of sulfonamides is 1. The minimum Gasteiger partial charge on any atom is -0.495 e. The van der Waals surface area contributed by atoms with Crippen LogP contribution >= 0.6 is 0 Å². The Labute approximate surface area is 150 Å². The van der Waals surface area contributed by atoms with Gasteiger partial charge in [-0.05, 0) is 12.1 Å². The molecule has 0 saturated carbocycles. The fourth-order valence-electron chi connectivity index (χ4n) is 1.88. The molecule has 0 spiro atoms. The minimum atomic E-state index is -4.53. The van der Waals surface area contributed by atoms with Crippen molar-refractivity contribution in [3.05, 3.63) is 46.6 Å². The van der Waals surface area contributed by atoms with Crippen molar-refractivity contribution in [3.63, 3.8) is 0 Å². The van der Waals surface area contributed by atoms with E-state index in [9.17, 15) is 31.7 Å². The van der Waals surface area contributed by atoms with Gasteiger partial charge in [-0.25, -0.2) is 13.4 Å². The monoisotopic (exact) mass is 407 g/mol. The first-order valence-corrected chi connectivity index (χ1v) is 8.51. The standard InChI is InChI=1S/C14H12F3N3O6S/c1-25-11-6-10(20(21)22)3-4-12(11)27(23,24)19-9-2-5-13(18-7-9)26-8-14(15,16)17/h2-7,19H,8H2,1H3. The first kappa shape index (κ1) is 20.2. The van der Waals surface area contributed by atoms with Gasteiger partial charge in [-0.2, -0.15) is 13.2 Å². The highest BCUT2D eigenvalue weighted by Crippen LogP contribution is 2.30. The van der Waals surface area contributed by atoms with Gasteiger partial charge < -0.3 is 9.47 Å². The number of nitrogens with zero attached hydrogens (tertiary/aromatic N) is 2. The molecule has 27 heavy (non-hydrogen) atoms. The highest BCUT2D eigenvalue weighted by molar-refractivity contribution is 7.92. The lowest BCUT2D eigenvalue weighted by molar-refractivity contribution is -0.385. The molecule has 0 aliphatic rings. The fraction of sp³-hybridized carbons (Fsp3) is 0.214. The lowest BCUT2D eigenvalue weighted by Gasteiger charge is -2.12. The van der Waals surface area contributed by atoms with Gasteiger partial charge in [-0.1, -0.05) is 0 Å². The maximum absolute atomic E-state index is 12.4. The van der Waals surface area contributed by atoms with E-state index in [1.54, 1.807) is 0 Å². The van der Waals surface area contributed by atoms with E-state index in [1.807, 2.05) is 0 Å². The van der Waals surface area contributed by atoms with Crippen molar-refractivity contribution in [3.8, 4) is 11.6 Å². The minimum absolute atomic E-state index is 0.0604. The van der Waals surface area contributed by atoms with Gasteiger partial charge in [0, 0.05) is 12.1 Å². The molecule has 0 aliphatic heterocycles. The molecule has 0 amide bonds. The van der Waals surface area contributed by atoms with Gasteiger partial charge in [-0.3, -0.25) is 14.8 Å². The molecule has 1 N–H and O–H groups in total. The van der Waals surface area contributed by atoms with Crippen LogP contribution in [0.15, 0.2) is 41.4 Å². The molecule has 1 heterocycles. The van der Waals surface area contributed by atoms with Crippen LogP contribution in [0, 0.1) is 10.1 Å². The fourth-order valence-corrected chi connectivity index (χ4v) is 3.08. The molecule has 146 valence electrons. The quantitative estimate of drug-likeness (QED) is 0.553. The SMILES string of the molecule is COc1cc([N+](=O)[O-])ccc1S(=O)(=O)Nc1ccc(OCC(F)(F)F)nc1. The molecule has 2 aromatic rings. The molecule has 9 nitrogen and oxygen atoms in total. The molecule has 0 radical (unpaired) electrons. The van der Waals surface area contributed by atoms with E-state index in [1.165, 1.54) is 0 Å². The van der Waals surface area contributed by atoms with E-state index in [2.05, 4.69) is 14.4 Å². The molecule has 0 bridgehead atoms. The number of aromatic nitrogens is 1. The number of rotatable bonds is 7. The number of non-ortho nitro benzene ring substituents is 1. The lowest BCUT2D eigenvalue weighted by atomic mass is 10.3. The van der Waals surface area contributed by atoms with Crippen molar-refractivity contribution in [1.82, 2.24) is 4.98 Å².